The van der Waals surface area contributed by atoms with Crippen molar-refractivity contribution >= 4 is 0 Å². The number of aliphatic hydroxyl groups excluding tert-OH is 1. The molecule has 2 nitrogen and oxygen atoms in total. The number of benzene rings is 1. The molecule has 0 amide bonds. The van der Waals surface area contributed by atoms with Crippen LogP contribution in [0.2, 0.25) is 0 Å². The molecule has 0 spiro atoms. The summed E-state index contributed by atoms with van der Waals surface area (Å²) in [5.41, 5.74) is 0.539. The first kappa shape index (κ1) is 14.4. The molecule has 1 aromatic carbocycles. The summed E-state index contributed by atoms with van der Waals surface area (Å²) in [5, 5.41) is 9.57. The van der Waals surface area contributed by atoms with Gasteiger partial charge in [0.1, 0.15) is 11.6 Å². The Bertz CT molecular complexity index is 428. The Morgan fingerprint density at radius 2 is 1.84 bits per heavy atom. The van der Waals surface area contributed by atoms with E-state index in [-0.39, 0.29) is 12.1 Å². The van der Waals surface area contributed by atoms with Crippen LogP contribution in [0.3, 0.4) is 0 Å². The lowest BCUT2D eigenvalue weighted by atomic mass is 9.91. The second kappa shape index (κ2) is 5.97. The highest BCUT2D eigenvalue weighted by Gasteiger charge is 2.26. The van der Waals surface area contributed by atoms with Gasteiger partial charge in [0.25, 0.3) is 0 Å². The highest BCUT2D eigenvalue weighted by atomic mass is 19.1. The fourth-order valence-electron chi connectivity index (χ4n) is 2.83. The second-order valence-electron chi connectivity index (χ2n) is 5.46. The van der Waals surface area contributed by atoms with Crippen molar-refractivity contribution in [1.82, 2.24) is 4.90 Å². The summed E-state index contributed by atoms with van der Waals surface area (Å²) in [6.07, 6.45) is 1.57. The van der Waals surface area contributed by atoms with Gasteiger partial charge in [0.2, 0.25) is 0 Å². The predicted molar refractivity (Wildman–Crippen MR) is 70.8 cm³/mol. The largest absolute Gasteiger partial charge is 0.393 e. The van der Waals surface area contributed by atoms with E-state index < -0.39 is 11.6 Å². The summed E-state index contributed by atoms with van der Waals surface area (Å²) in [4.78, 5) is 2.19. The number of aliphatic hydroxyl groups is 1. The van der Waals surface area contributed by atoms with E-state index in [2.05, 4.69) is 4.90 Å². The number of nitrogens with zero attached hydrogens (tertiary/aromatic N) is 1. The minimum atomic E-state index is -0.540. The molecule has 1 heterocycles. The van der Waals surface area contributed by atoms with Gasteiger partial charge in [-0.1, -0.05) is 6.07 Å². The number of hydrogen-bond acceptors (Lipinski definition) is 2. The number of hydrogen-bond donors (Lipinski definition) is 1. The first-order valence-corrected chi connectivity index (χ1v) is 6.86. The van der Waals surface area contributed by atoms with Crippen LogP contribution in [0.1, 0.15) is 38.3 Å². The van der Waals surface area contributed by atoms with Gasteiger partial charge in [-0.3, -0.25) is 4.90 Å². The molecule has 1 fully saturated rings. The van der Waals surface area contributed by atoms with E-state index >= 15 is 0 Å². The lowest BCUT2D eigenvalue weighted by Gasteiger charge is -2.37. The van der Waals surface area contributed by atoms with Gasteiger partial charge in [-0.15, -0.1) is 0 Å². The smallest absolute Gasteiger partial charge is 0.130 e. The molecule has 1 aromatic rings. The molecule has 0 aromatic heterocycles. The second-order valence-corrected chi connectivity index (χ2v) is 5.46. The molecule has 1 aliphatic rings. The van der Waals surface area contributed by atoms with Gasteiger partial charge in [-0.2, -0.15) is 0 Å². The third kappa shape index (κ3) is 3.31. The lowest BCUT2D eigenvalue weighted by Crippen LogP contribution is -2.38. The summed E-state index contributed by atoms with van der Waals surface area (Å²) in [5.74, 6) is -0.687. The molecule has 106 valence electrons. The maximum absolute atomic E-state index is 13.8. The fourth-order valence-corrected chi connectivity index (χ4v) is 2.83. The van der Waals surface area contributed by atoms with Gasteiger partial charge in [-0.05, 0) is 51.8 Å². The molecule has 4 heteroatoms. The third-order valence-electron chi connectivity index (χ3n) is 4.22. The fraction of sp³-hybridized carbons (Fsp3) is 0.600. The Morgan fingerprint density at radius 3 is 2.37 bits per heavy atom. The van der Waals surface area contributed by atoms with Crippen LogP contribution >= 0.6 is 0 Å². The highest BCUT2D eigenvalue weighted by Crippen LogP contribution is 2.29. The molecule has 0 saturated carbocycles. The summed E-state index contributed by atoms with van der Waals surface area (Å²) in [6, 6.07) is 3.71. The zero-order valence-electron chi connectivity index (χ0n) is 11.4. The average molecular weight is 269 g/mol. The Balaban J connectivity index is 2.03. The molecular formula is C15H21F2NO. The summed E-state index contributed by atoms with van der Waals surface area (Å²) in [7, 11) is 0. The summed E-state index contributed by atoms with van der Waals surface area (Å²) in [6.45, 7) is 5.45. The van der Waals surface area contributed by atoms with Crippen molar-refractivity contribution in [3.8, 4) is 0 Å². The number of likely N-dealkylation sites (tertiary alicyclic amines) is 1. The number of rotatable bonds is 3. The van der Waals surface area contributed by atoms with E-state index in [0.717, 1.165) is 32.0 Å². The van der Waals surface area contributed by atoms with Crippen LogP contribution in [0.5, 0.6) is 0 Å². The van der Waals surface area contributed by atoms with Crippen LogP contribution < -0.4 is 0 Å². The first-order chi connectivity index (χ1) is 8.99. The predicted octanol–water partition coefficient (Wildman–Crippen LogP) is 3.12. The maximum Gasteiger partial charge on any atom is 0.130 e. The van der Waals surface area contributed by atoms with Crippen LogP contribution in [0, 0.1) is 17.6 Å². The minimum absolute atomic E-state index is 0.0597. The standard InChI is InChI=1S/C15H21F2NO/c1-10(14-4-3-13(16)9-15(14)17)18-7-5-12(6-8-18)11(2)19/h3-4,9-12,19H,5-8H2,1-2H3. The van der Waals surface area contributed by atoms with E-state index in [1.54, 1.807) is 0 Å². The number of piperidine rings is 1. The first-order valence-electron chi connectivity index (χ1n) is 6.86. The van der Waals surface area contributed by atoms with E-state index in [0.29, 0.717) is 11.5 Å². The normalized spacial score (nSPS) is 21.3. The zero-order valence-corrected chi connectivity index (χ0v) is 11.4. The summed E-state index contributed by atoms with van der Waals surface area (Å²) >= 11 is 0. The topological polar surface area (TPSA) is 23.5 Å². The van der Waals surface area contributed by atoms with Crippen molar-refractivity contribution < 1.29 is 13.9 Å². The molecular weight excluding hydrogens is 248 g/mol. The minimum Gasteiger partial charge on any atom is -0.393 e. The van der Waals surface area contributed by atoms with Gasteiger partial charge >= 0.3 is 0 Å². The molecule has 0 bridgehead atoms. The Labute approximate surface area is 113 Å². The molecule has 0 aliphatic carbocycles. The number of halogens is 2. The molecule has 0 radical (unpaired) electrons. The Hall–Kier alpha value is -1.00. The lowest BCUT2D eigenvalue weighted by molar-refractivity contribution is 0.0579. The molecule has 2 unspecified atom stereocenters. The van der Waals surface area contributed by atoms with E-state index in [1.165, 1.54) is 12.1 Å². The average Bonchev–Trinajstić information content (AvgIpc) is 2.38. The maximum atomic E-state index is 13.8. The van der Waals surface area contributed by atoms with Crippen molar-refractivity contribution in [2.75, 3.05) is 13.1 Å². The van der Waals surface area contributed by atoms with Crippen LogP contribution in [0.15, 0.2) is 18.2 Å². The van der Waals surface area contributed by atoms with E-state index in [9.17, 15) is 13.9 Å². The zero-order chi connectivity index (χ0) is 14.0. The van der Waals surface area contributed by atoms with Gasteiger partial charge < -0.3 is 5.11 Å². The van der Waals surface area contributed by atoms with Crippen molar-refractivity contribution in [3.63, 3.8) is 0 Å². The Kier molecular flexibility index (Phi) is 4.53. The molecule has 1 N–H and O–H groups in total. The van der Waals surface area contributed by atoms with Crippen LogP contribution in [-0.2, 0) is 0 Å². The highest BCUT2D eigenvalue weighted by molar-refractivity contribution is 5.21. The van der Waals surface area contributed by atoms with Crippen LogP contribution in [-0.4, -0.2) is 29.2 Å². The Morgan fingerprint density at radius 1 is 1.21 bits per heavy atom. The summed E-state index contributed by atoms with van der Waals surface area (Å²) < 4.78 is 26.7. The molecule has 2 rings (SSSR count). The van der Waals surface area contributed by atoms with Crippen LogP contribution in [0.25, 0.3) is 0 Å². The monoisotopic (exact) mass is 269 g/mol. The van der Waals surface area contributed by atoms with Crippen molar-refractivity contribution in [1.29, 1.82) is 0 Å². The van der Waals surface area contributed by atoms with E-state index in [4.69, 9.17) is 0 Å². The van der Waals surface area contributed by atoms with Gasteiger partial charge in [-0.25, -0.2) is 8.78 Å². The van der Waals surface area contributed by atoms with Crippen molar-refractivity contribution in [2.45, 2.75) is 38.8 Å². The third-order valence-corrected chi connectivity index (χ3v) is 4.22. The molecule has 19 heavy (non-hydrogen) atoms. The van der Waals surface area contributed by atoms with Gasteiger partial charge in [0.15, 0.2) is 0 Å². The SMILES string of the molecule is CC(O)C1CCN(C(C)c2ccc(F)cc2F)CC1. The quantitative estimate of drug-likeness (QED) is 0.911. The molecule has 1 aliphatic heterocycles. The van der Waals surface area contributed by atoms with E-state index in [1.807, 2.05) is 13.8 Å². The van der Waals surface area contributed by atoms with Crippen LogP contribution in [0.4, 0.5) is 8.78 Å². The van der Waals surface area contributed by atoms with Crippen molar-refractivity contribution in [3.05, 3.63) is 35.4 Å². The van der Waals surface area contributed by atoms with Gasteiger partial charge in [0, 0.05) is 17.7 Å². The van der Waals surface area contributed by atoms with Crippen molar-refractivity contribution in [2.24, 2.45) is 5.92 Å². The molecule has 2 atom stereocenters. The van der Waals surface area contributed by atoms with Gasteiger partial charge in [0.05, 0.1) is 6.10 Å². The molecule has 1 saturated heterocycles.